The number of carbonyl (C=O) groups is 1. The van der Waals surface area contributed by atoms with Crippen molar-refractivity contribution in [2.24, 2.45) is 7.05 Å². The highest BCUT2D eigenvalue weighted by Crippen LogP contribution is 2.28. The molecule has 3 N–H and O–H groups in total. The lowest BCUT2D eigenvalue weighted by Crippen LogP contribution is -2.18. The summed E-state index contributed by atoms with van der Waals surface area (Å²) in [5, 5.41) is 15.0. The summed E-state index contributed by atoms with van der Waals surface area (Å²) in [7, 11) is 1.97. The Balaban J connectivity index is 1.42. The number of imidazole rings is 2. The van der Waals surface area contributed by atoms with Crippen LogP contribution in [0.25, 0.3) is 16.9 Å². The molecular weight excluding hydrogens is 476 g/mol. The van der Waals surface area contributed by atoms with Crippen LogP contribution in [0.15, 0.2) is 67.1 Å². The van der Waals surface area contributed by atoms with Crippen molar-refractivity contribution in [1.82, 2.24) is 23.9 Å². The quantitative estimate of drug-likeness (QED) is 0.244. The Kier molecular flexibility index (Phi) is 6.74. The zero-order valence-corrected chi connectivity index (χ0v) is 21.9. The molecule has 9 nitrogen and oxygen atoms in total. The smallest absolute Gasteiger partial charge is 0.274 e. The van der Waals surface area contributed by atoms with Crippen molar-refractivity contribution >= 4 is 28.6 Å². The molecule has 1 amide bonds. The topological polar surface area (TPSA) is 113 Å². The van der Waals surface area contributed by atoms with Crippen LogP contribution in [0.4, 0.5) is 11.4 Å². The fraction of sp³-hybridized carbons (Fsp3) is 0.207. The summed E-state index contributed by atoms with van der Waals surface area (Å²) in [6.07, 6.45) is 5.77. The molecule has 0 aliphatic heterocycles. The lowest BCUT2D eigenvalue weighted by atomic mass is 10.0. The van der Waals surface area contributed by atoms with Gasteiger partial charge in [0.1, 0.15) is 17.2 Å². The van der Waals surface area contributed by atoms with E-state index in [1.54, 1.807) is 10.6 Å². The van der Waals surface area contributed by atoms with Gasteiger partial charge in [-0.25, -0.2) is 9.97 Å². The molecule has 0 aliphatic carbocycles. The summed E-state index contributed by atoms with van der Waals surface area (Å²) in [5.41, 5.74) is 7.30. The van der Waals surface area contributed by atoms with Crippen molar-refractivity contribution in [1.29, 1.82) is 5.41 Å². The Bertz CT molecular complexity index is 1660. The van der Waals surface area contributed by atoms with E-state index in [0.29, 0.717) is 41.3 Å². The monoisotopic (exact) mass is 506 g/mol. The van der Waals surface area contributed by atoms with Crippen LogP contribution in [-0.2, 0) is 13.6 Å². The average molecular weight is 507 g/mol. The molecule has 0 saturated heterocycles. The first-order chi connectivity index (χ1) is 18.4. The van der Waals surface area contributed by atoms with Gasteiger partial charge in [0.05, 0.1) is 36.0 Å². The molecule has 0 radical (unpaired) electrons. The van der Waals surface area contributed by atoms with E-state index in [0.717, 1.165) is 34.2 Å². The first kappa shape index (κ1) is 24.9. The molecule has 0 atom stereocenters. The molecule has 0 fully saturated rings. The molecule has 5 aromatic rings. The van der Waals surface area contributed by atoms with Crippen LogP contribution in [-0.4, -0.2) is 35.5 Å². The van der Waals surface area contributed by atoms with E-state index in [1.807, 2.05) is 93.3 Å². The maximum Gasteiger partial charge on any atom is 0.274 e. The van der Waals surface area contributed by atoms with Crippen LogP contribution in [0.1, 0.15) is 46.6 Å². The first-order valence-corrected chi connectivity index (χ1v) is 12.5. The number of carbonyl (C=O) groups excluding carboxylic acids is 1. The Hall–Kier alpha value is -4.79. The van der Waals surface area contributed by atoms with Crippen molar-refractivity contribution in [3.63, 3.8) is 0 Å². The number of pyridine rings is 2. The van der Waals surface area contributed by atoms with Crippen molar-refractivity contribution in [2.75, 3.05) is 10.6 Å². The molecule has 4 heterocycles. The van der Waals surface area contributed by atoms with Gasteiger partial charge in [-0.05, 0) is 56.7 Å². The van der Waals surface area contributed by atoms with E-state index in [1.165, 1.54) is 0 Å². The van der Waals surface area contributed by atoms with Gasteiger partial charge in [0.25, 0.3) is 5.91 Å². The average Bonchev–Trinajstić information content (AvgIpc) is 3.49. The number of rotatable bonds is 8. The first-order valence-electron chi connectivity index (χ1n) is 12.5. The molecule has 1 aromatic carbocycles. The fourth-order valence-corrected chi connectivity index (χ4v) is 4.45. The van der Waals surface area contributed by atoms with E-state index in [-0.39, 0.29) is 5.91 Å². The lowest BCUT2D eigenvalue weighted by Gasteiger charge is -2.17. The fourth-order valence-electron chi connectivity index (χ4n) is 4.45. The summed E-state index contributed by atoms with van der Waals surface area (Å²) in [4.78, 5) is 26.8. The van der Waals surface area contributed by atoms with Crippen LogP contribution in [0.5, 0.6) is 0 Å². The van der Waals surface area contributed by atoms with E-state index in [2.05, 4.69) is 25.6 Å². The number of aryl methyl sites for hydroxylation is 2. The SMILES string of the molecule is CCC(=N)c1c(NCc2cccc(C)n2)cccc1NC(=O)c1cnc2cc(-c3cnc(C)n3C)ccn12. The number of nitrogens with one attached hydrogen (secondary N) is 3. The number of benzene rings is 1. The predicted molar refractivity (Wildman–Crippen MR) is 150 cm³/mol. The Morgan fingerprint density at radius 2 is 1.82 bits per heavy atom. The molecule has 0 spiro atoms. The minimum absolute atomic E-state index is 0.302. The molecule has 5 rings (SSSR count). The van der Waals surface area contributed by atoms with Gasteiger partial charge in [0, 0.05) is 41.5 Å². The maximum absolute atomic E-state index is 13.4. The second-order valence-electron chi connectivity index (χ2n) is 9.17. The molecule has 4 aromatic heterocycles. The summed E-state index contributed by atoms with van der Waals surface area (Å²) >= 11 is 0. The molecule has 9 heteroatoms. The third kappa shape index (κ3) is 4.78. The van der Waals surface area contributed by atoms with Crippen LogP contribution >= 0.6 is 0 Å². The second kappa shape index (κ2) is 10.3. The molecule has 38 heavy (non-hydrogen) atoms. The Morgan fingerprint density at radius 1 is 1.03 bits per heavy atom. The van der Waals surface area contributed by atoms with Gasteiger partial charge in [0.2, 0.25) is 0 Å². The van der Waals surface area contributed by atoms with E-state index in [9.17, 15) is 4.79 Å². The number of fused-ring (bicyclic) bond motifs is 1. The highest BCUT2D eigenvalue weighted by molar-refractivity contribution is 6.12. The minimum Gasteiger partial charge on any atom is -0.379 e. The molecule has 0 saturated carbocycles. The lowest BCUT2D eigenvalue weighted by molar-refractivity contribution is 0.102. The minimum atomic E-state index is -0.302. The number of hydrogen-bond acceptors (Lipinski definition) is 6. The van der Waals surface area contributed by atoms with Crippen molar-refractivity contribution in [2.45, 2.75) is 33.7 Å². The standard InChI is InChI=1S/C29H30N8O/c1-5-22(30)28-23(32-15-21-9-6-8-18(2)34-21)10-7-11-24(28)35-29(38)26-17-33-27-14-20(12-13-37(26)27)25-16-31-19(3)36(25)4/h6-14,16-17,30,32H,5,15H2,1-4H3,(H,35,38). The highest BCUT2D eigenvalue weighted by atomic mass is 16.2. The Labute approximate surface area is 221 Å². The number of hydrogen-bond donors (Lipinski definition) is 3. The summed E-state index contributed by atoms with van der Waals surface area (Å²) in [6.45, 7) is 6.35. The zero-order valence-electron chi connectivity index (χ0n) is 21.9. The largest absolute Gasteiger partial charge is 0.379 e. The summed E-state index contributed by atoms with van der Waals surface area (Å²) in [6, 6.07) is 15.4. The third-order valence-corrected chi connectivity index (χ3v) is 6.64. The van der Waals surface area contributed by atoms with Gasteiger partial charge in [-0.3, -0.25) is 14.2 Å². The molecule has 0 unspecified atom stereocenters. The van der Waals surface area contributed by atoms with Gasteiger partial charge in [-0.2, -0.15) is 0 Å². The predicted octanol–water partition coefficient (Wildman–Crippen LogP) is 5.39. The van der Waals surface area contributed by atoms with Gasteiger partial charge in [-0.15, -0.1) is 0 Å². The van der Waals surface area contributed by atoms with Crippen molar-refractivity contribution in [3.05, 3.63) is 95.6 Å². The summed E-state index contributed by atoms with van der Waals surface area (Å²) < 4.78 is 3.78. The van der Waals surface area contributed by atoms with Gasteiger partial charge in [-0.1, -0.05) is 19.1 Å². The van der Waals surface area contributed by atoms with Gasteiger partial charge < -0.3 is 20.6 Å². The van der Waals surface area contributed by atoms with E-state index in [4.69, 9.17) is 5.41 Å². The van der Waals surface area contributed by atoms with Gasteiger partial charge >= 0.3 is 0 Å². The third-order valence-electron chi connectivity index (χ3n) is 6.64. The number of nitrogens with zero attached hydrogens (tertiary/aromatic N) is 5. The molecule has 0 bridgehead atoms. The van der Waals surface area contributed by atoms with Crippen molar-refractivity contribution < 1.29 is 4.79 Å². The Morgan fingerprint density at radius 3 is 2.55 bits per heavy atom. The maximum atomic E-state index is 13.4. The van der Waals surface area contributed by atoms with E-state index < -0.39 is 0 Å². The van der Waals surface area contributed by atoms with Crippen LogP contribution < -0.4 is 10.6 Å². The van der Waals surface area contributed by atoms with Crippen LogP contribution in [0.3, 0.4) is 0 Å². The zero-order chi connectivity index (χ0) is 26.8. The number of aromatic nitrogens is 5. The van der Waals surface area contributed by atoms with Crippen molar-refractivity contribution in [3.8, 4) is 11.3 Å². The van der Waals surface area contributed by atoms with Crippen LogP contribution in [0.2, 0.25) is 0 Å². The summed E-state index contributed by atoms with van der Waals surface area (Å²) in [5.74, 6) is 0.618. The van der Waals surface area contributed by atoms with E-state index >= 15 is 0 Å². The number of amides is 1. The van der Waals surface area contributed by atoms with Crippen LogP contribution in [0, 0.1) is 19.3 Å². The molecular formula is C29H30N8O. The number of anilines is 2. The molecule has 0 aliphatic rings. The highest BCUT2D eigenvalue weighted by Gasteiger charge is 2.18. The van der Waals surface area contributed by atoms with Gasteiger partial charge in [0.15, 0.2) is 0 Å². The normalized spacial score (nSPS) is 11.1. The second-order valence-corrected chi connectivity index (χ2v) is 9.17. The molecule has 192 valence electrons.